The van der Waals surface area contributed by atoms with E-state index in [1.807, 2.05) is 0 Å². The minimum absolute atomic E-state index is 0. The topological polar surface area (TPSA) is 119 Å². The Morgan fingerprint density at radius 1 is 1.27 bits per heavy atom. The fourth-order valence-corrected chi connectivity index (χ4v) is 0. The van der Waals surface area contributed by atoms with Crippen LogP contribution in [0.2, 0.25) is 0 Å². The quantitative estimate of drug-likeness (QED) is 0.543. The molecule has 0 fully saturated rings. The van der Waals surface area contributed by atoms with Crippen molar-refractivity contribution in [1.29, 1.82) is 0 Å². The molecule has 4 nitrogen and oxygen atoms in total. The molecule has 1 radical (unpaired) electrons. The van der Waals surface area contributed by atoms with Gasteiger partial charge in [0.1, 0.15) is 0 Å². The second kappa shape index (κ2) is 86.5. The van der Waals surface area contributed by atoms with Gasteiger partial charge in [-0.25, -0.2) is 0 Å². The fourth-order valence-electron chi connectivity index (χ4n) is 0. The average Bonchev–Trinajstić information content (AvgIpc) is 1.39. The molecule has 0 unspecified atom stereocenters. The predicted molar refractivity (Wildman–Crippen MR) is 45.1 cm³/mol. The molecule has 0 saturated carbocycles. The van der Waals surface area contributed by atoms with Crippen molar-refractivity contribution in [3.63, 3.8) is 0 Å². The van der Waals surface area contributed by atoms with Crippen LogP contribution in [-0.4, -0.2) is 17.2 Å². The summed E-state index contributed by atoms with van der Waals surface area (Å²) in [7, 11) is 9.75. The summed E-state index contributed by atoms with van der Waals surface area (Å²) in [5, 5.41) is 7.57. The SMILES string of the molecule is CCO.O.[CH3-].[Cl][Pt+2][Cl].[NH2-].[NH2-].[Y]. The monoisotopic (exact) mass is 465 g/mol. The van der Waals surface area contributed by atoms with E-state index in [1.165, 1.54) is 0 Å². The van der Waals surface area contributed by atoms with Gasteiger partial charge in [-0.2, -0.15) is 0 Å². The van der Waals surface area contributed by atoms with E-state index in [1.54, 1.807) is 6.92 Å². The summed E-state index contributed by atoms with van der Waals surface area (Å²) in [6.45, 7) is 1.93. The second-order valence-electron chi connectivity index (χ2n) is 0.361. The minimum Gasteiger partial charge on any atom is -0.693 e. The Balaban J connectivity index is -0.00000000400. The molecule has 0 aromatic carbocycles. The van der Waals surface area contributed by atoms with Crippen molar-refractivity contribution in [1.82, 2.24) is 0 Å². The standard InChI is InChI=1S/C2H6O.CH3.2ClH.2H2N.H2O.Pt.Y/c1-2-3;;;;;;;;/h3H,2H2,1H3;1H3;2*1H;3*1H2;;/q;-1;;;2*-1;;+4;/p-2. The first kappa shape index (κ1) is 51.1. The Morgan fingerprint density at radius 2 is 1.27 bits per heavy atom. The van der Waals surface area contributed by atoms with E-state index in [4.69, 9.17) is 23.9 Å². The van der Waals surface area contributed by atoms with E-state index in [0.29, 0.717) is 0 Å². The van der Waals surface area contributed by atoms with Crippen LogP contribution in [0.1, 0.15) is 6.92 Å². The van der Waals surface area contributed by atoms with Gasteiger partial charge in [0.2, 0.25) is 0 Å². The largest absolute Gasteiger partial charge is 0.693 e. The summed E-state index contributed by atoms with van der Waals surface area (Å²) in [5.41, 5.74) is 0. The minimum atomic E-state index is -0.472. The van der Waals surface area contributed by atoms with Crippen LogP contribution >= 0.6 is 18.8 Å². The van der Waals surface area contributed by atoms with Crippen molar-refractivity contribution in [2.75, 3.05) is 6.61 Å². The molecule has 0 atom stereocenters. The maximum Gasteiger partial charge on any atom is 0 e. The first-order valence-corrected chi connectivity index (χ1v) is 6.89. The van der Waals surface area contributed by atoms with Gasteiger partial charge in [-0.1, -0.05) is 0 Å². The molecule has 11 heavy (non-hydrogen) atoms. The maximum atomic E-state index is 7.57. The van der Waals surface area contributed by atoms with Crippen LogP contribution < -0.4 is 0 Å². The first-order valence-electron chi connectivity index (χ1n) is 1.26. The van der Waals surface area contributed by atoms with Gasteiger partial charge in [-0.15, -0.1) is 0 Å². The van der Waals surface area contributed by atoms with Gasteiger partial charge in [0.05, 0.1) is 0 Å². The van der Waals surface area contributed by atoms with E-state index in [0.717, 1.165) is 0 Å². The van der Waals surface area contributed by atoms with Gasteiger partial charge in [0, 0.05) is 39.3 Å². The number of rotatable bonds is 0. The summed E-state index contributed by atoms with van der Waals surface area (Å²) in [5.74, 6) is 0. The molecule has 0 saturated heterocycles. The third-order valence-corrected chi connectivity index (χ3v) is 0. The molecular weight excluding hydrogens is 451 g/mol. The Kier molecular flexibility index (Phi) is 402. The molecule has 0 rings (SSSR count). The molecule has 0 aliphatic carbocycles. The smallest absolute Gasteiger partial charge is 0 e. The van der Waals surface area contributed by atoms with Crippen LogP contribution in [0.5, 0.6) is 0 Å². The molecule has 77 valence electrons. The number of halogens is 2. The van der Waals surface area contributed by atoms with E-state index < -0.39 is 16.5 Å². The fraction of sp³-hybridized carbons (Fsp3) is 0.667. The Labute approximate surface area is 111 Å². The number of aliphatic hydroxyl groups is 1. The van der Waals surface area contributed by atoms with Crippen molar-refractivity contribution >= 4 is 18.8 Å². The predicted octanol–water partition coefficient (Wildman–Crippen LogP) is 2.43. The van der Waals surface area contributed by atoms with Crippen molar-refractivity contribution in [3.8, 4) is 0 Å². The van der Waals surface area contributed by atoms with E-state index >= 15 is 0 Å². The molecule has 0 amide bonds. The van der Waals surface area contributed by atoms with Gasteiger partial charge >= 0.3 is 35.3 Å². The van der Waals surface area contributed by atoms with Crippen LogP contribution in [0.4, 0.5) is 0 Å². The molecule has 0 aromatic heterocycles. The van der Waals surface area contributed by atoms with Crippen molar-refractivity contribution in [2.45, 2.75) is 6.92 Å². The van der Waals surface area contributed by atoms with Crippen LogP contribution in [0.3, 0.4) is 0 Å². The zero-order chi connectivity index (χ0) is 5.41. The van der Waals surface area contributed by atoms with E-state index in [-0.39, 0.29) is 64.5 Å². The van der Waals surface area contributed by atoms with Gasteiger partial charge < -0.3 is 30.3 Å². The number of aliphatic hydroxyl groups excluding tert-OH is 1. The average molecular weight is 466 g/mol. The summed E-state index contributed by atoms with van der Waals surface area (Å²) in [4.78, 5) is 0. The molecule has 7 N–H and O–H groups in total. The Morgan fingerprint density at radius 3 is 1.27 bits per heavy atom. The summed E-state index contributed by atoms with van der Waals surface area (Å²) in [6, 6.07) is 0. The van der Waals surface area contributed by atoms with Gasteiger partial charge in [0.15, 0.2) is 0 Å². The molecule has 8 heteroatoms. The molecule has 0 aliphatic rings. The van der Waals surface area contributed by atoms with Gasteiger partial charge in [-0.3, -0.25) is 0 Å². The Hall–Kier alpha value is 2.21. The Bertz CT molecular complexity index is 29.3. The molecular formula is C3H15Cl2N2O2PtY-. The summed E-state index contributed by atoms with van der Waals surface area (Å²) in [6.07, 6.45) is 0. The van der Waals surface area contributed by atoms with Crippen LogP contribution in [0.25, 0.3) is 12.3 Å². The second-order valence-corrected chi connectivity index (χ2v) is 3.64. The van der Waals surface area contributed by atoms with Crippen molar-refractivity contribution in [2.24, 2.45) is 0 Å². The van der Waals surface area contributed by atoms with Crippen LogP contribution in [-0.2, 0) is 49.2 Å². The molecule has 0 bridgehead atoms. The molecule has 0 aliphatic heterocycles. The maximum absolute atomic E-state index is 7.57. The number of hydrogen-bond acceptors (Lipinski definition) is 1. The third-order valence-electron chi connectivity index (χ3n) is 0. The van der Waals surface area contributed by atoms with Crippen molar-refractivity contribution in [3.05, 3.63) is 19.7 Å². The molecule has 0 aromatic rings. The summed E-state index contributed by atoms with van der Waals surface area (Å²) >= 11 is -0.472. The number of nitrogens with two attached hydrogens (primary N) is 2. The normalized spacial score (nSPS) is 3.64. The summed E-state index contributed by atoms with van der Waals surface area (Å²) < 4.78 is 0. The zero-order valence-corrected chi connectivity index (χ0v) is 13.1. The third kappa shape index (κ3) is 260. The van der Waals surface area contributed by atoms with Crippen LogP contribution in [0, 0.1) is 7.43 Å². The van der Waals surface area contributed by atoms with E-state index in [9.17, 15) is 0 Å². The molecule has 0 spiro atoms. The van der Waals surface area contributed by atoms with Crippen molar-refractivity contribution < 1.29 is 59.8 Å². The van der Waals surface area contributed by atoms with Gasteiger partial charge in [0.25, 0.3) is 0 Å². The van der Waals surface area contributed by atoms with E-state index in [2.05, 4.69) is 0 Å². The van der Waals surface area contributed by atoms with Crippen LogP contribution in [0.15, 0.2) is 0 Å². The van der Waals surface area contributed by atoms with Gasteiger partial charge in [-0.05, 0) is 6.92 Å². The molecule has 0 heterocycles. The first-order chi connectivity index (χ1) is 2.83. The zero-order valence-electron chi connectivity index (χ0n) is 6.46. The number of hydrogen-bond donors (Lipinski definition) is 1.